The molecule has 0 aliphatic heterocycles. The third kappa shape index (κ3) is 4.98. The Morgan fingerprint density at radius 1 is 1.38 bits per heavy atom. The highest BCUT2D eigenvalue weighted by Crippen LogP contribution is 2.29. The van der Waals surface area contributed by atoms with E-state index in [1.807, 2.05) is 6.92 Å². The maximum absolute atomic E-state index is 13.1. The van der Waals surface area contributed by atoms with Crippen molar-refractivity contribution in [2.45, 2.75) is 51.5 Å². The molecule has 1 unspecified atom stereocenters. The molecular formula is C22H30ClN3O3. The van der Waals surface area contributed by atoms with Crippen molar-refractivity contribution in [1.82, 2.24) is 14.5 Å². The van der Waals surface area contributed by atoms with Crippen molar-refractivity contribution in [3.63, 3.8) is 0 Å². The van der Waals surface area contributed by atoms with E-state index in [0.29, 0.717) is 47.2 Å². The highest BCUT2D eigenvalue weighted by molar-refractivity contribution is 6.31. The van der Waals surface area contributed by atoms with Crippen LogP contribution in [0.4, 0.5) is 0 Å². The lowest BCUT2D eigenvalue weighted by Crippen LogP contribution is -2.39. The molecule has 2 aromatic rings. The van der Waals surface area contributed by atoms with E-state index in [0.717, 1.165) is 6.42 Å². The maximum atomic E-state index is 13.1. The molecule has 7 heteroatoms. The van der Waals surface area contributed by atoms with Crippen molar-refractivity contribution in [1.29, 1.82) is 0 Å². The van der Waals surface area contributed by atoms with Crippen molar-refractivity contribution < 1.29 is 9.53 Å². The molecule has 0 spiro atoms. The highest BCUT2D eigenvalue weighted by Gasteiger charge is 2.26. The van der Waals surface area contributed by atoms with E-state index >= 15 is 0 Å². The lowest BCUT2D eigenvalue weighted by molar-refractivity contribution is -0.134. The molecule has 1 aromatic carbocycles. The number of ether oxygens (including phenoxy) is 1. The summed E-state index contributed by atoms with van der Waals surface area (Å²) in [7, 11) is 3.32. The zero-order valence-electron chi connectivity index (χ0n) is 17.5. The molecule has 1 amide bonds. The van der Waals surface area contributed by atoms with Crippen LogP contribution in [0, 0.1) is 5.92 Å². The number of halogens is 1. The Hall–Kier alpha value is -1.92. The van der Waals surface area contributed by atoms with Gasteiger partial charge in [-0.1, -0.05) is 37.3 Å². The number of rotatable bonds is 8. The molecule has 0 radical (unpaired) electrons. The van der Waals surface area contributed by atoms with Crippen LogP contribution in [0.15, 0.2) is 23.0 Å². The Labute approximate surface area is 176 Å². The minimum Gasteiger partial charge on any atom is -0.383 e. The lowest BCUT2D eigenvalue weighted by Gasteiger charge is -2.30. The summed E-state index contributed by atoms with van der Waals surface area (Å²) in [5, 5.41) is 0.980. The van der Waals surface area contributed by atoms with Crippen LogP contribution >= 0.6 is 11.6 Å². The summed E-state index contributed by atoms with van der Waals surface area (Å²) in [6.07, 6.45) is 6.45. The van der Waals surface area contributed by atoms with Crippen LogP contribution in [0.1, 0.15) is 57.3 Å². The predicted octanol–water partition coefficient (Wildman–Crippen LogP) is 4.09. The topological polar surface area (TPSA) is 64.4 Å². The Kier molecular flexibility index (Phi) is 7.30. The van der Waals surface area contributed by atoms with Gasteiger partial charge in [0.2, 0.25) is 5.91 Å². The van der Waals surface area contributed by atoms with E-state index in [1.54, 1.807) is 37.3 Å². The summed E-state index contributed by atoms with van der Waals surface area (Å²) >= 11 is 6.04. The number of nitrogens with zero attached hydrogens (tertiary/aromatic N) is 3. The Bertz CT molecular complexity index is 921. The van der Waals surface area contributed by atoms with E-state index < -0.39 is 0 Å². The van der Waals surface area contributed by atoms with Gasteiger partial charge in [-0.05, 0) is 37.5 Å². The van der Waals surface area contributed by atoms with Crippen molar-refractivity contribution in [3.8, 4) is 0 Å². The molecule has 0 N–H and O–H groups in total. The summed E-state index contributed by atoms with van der Waals surface area (Å²) in [6, 6.07) is 4.77. The van der Waals surface area contributed by atoms with E-state index in [-0.39, 0.29) is 17.5 Å². The van der Waals surface area contributed by atoms with E-state index in [9.17, 15) is 9.59 Å². The quantitative estimate of drug-likeness (QED) is 0.646. The van der Waals surface area contributed by atoms with E-state index in [1.165, 1.54) is 30.3 Å². The first-order chi connectivity index (χ1) is 13.9. The van der Waals surface area contributed by atoms with Gasteiger partial charge >= 0.3 is 0 Å². The number of aromatic nitrogens is 2. The van der Waals surface area contributed by atoms with Crippen molar-refractivity contribution in [3.05, 3.63) is 39.4 Å². The number of carbonyl (C=O) groups is 1. The molecule has 1 heterocycles. The monoisotopic (exact) mass is 419 g/mol. The van der Waals surface area contributed by atoms with Crippen LogP contribution in [0.25, 0.3) is 10.9 Å². The van der Waals surface area contributed by atoms with Crippen LogP contribution in [-0.4, -0.2) is 40.6 Å². The van der Waals surface area contributed by atoms with Crippen LogP contribution in [-0.2, 0) is 16.6 Å². The second-order valence-electron chi connectivity index (χ2n) is 7.94. The average Bonchev–Trinajstić information content (AvgIpc) is 3.23. The van der Waals surface area contributed by atoms with Crippen molar-refractivity contribution >= 4 is 28.4 Å². The summed E-state index contributed by atoms with van der Waals surface area (Å²) in [5.74, 6) is 1.31. The molecule has 0 saturated heterocycles. The molecule has 0 bridgehead atoms. The summed E-state index contributed by atoms with van der Waals surface area (Å²) < 4.78 is 6.75. The maximum Gasteiger partial charge on any atom is 0.261 e. The van der Waals surface area contributed by atoms with Gasteiger partial charge in [0.05, 0.1) is 23.6 Å². The number of hydrogen-bond donors (Lipinski definition) is 0. The molecule has 158 valence electrons. The molecule has 6 nitrogen and oxygen atoms in total. The second kappa shape index (κ2) is 9.72. The zero-order valence-corrected chi connectivity index (χ0v) is 18.2. The van der Waals surface area contributed by atoms with Gasteiger partial charge in [-0.25, -0.2) is 4.98 Å². The molecule has 3 rings (SSSR count). The number of carbonyl (C=O) groups excluding carboxylic acids is 1. The van der Waals surface area contributed by atoms with E-state index in [4.69, 9.17) is 21.3 Å². The smallest absolute Gasteiger partial charge is 0.261 e. The average molecular weight is 420 g/mol. The molecule has 1 aliphatic rings. The summed E-state index contributed by atoms with van der Waals surface area (Å²) in [4.78, 5) is 32.4. The normalized spacial score (nSPS) is 15.7. The Morgan fingerprint density at radius 2 is 2.10 bits per heavy atom. The number of fused-ring (bicyclic) bond motifs is 1. The first-order valence-corrected chi connectivity index (χ1v) is 10.7. The predicted molar refractivity (Wildman–Crippen MR) is 115 cm³/mol. The Balaban J connectivity index is 1.87. The molecule has 29 heavy (non-hydrogen) atoms. The third-order valence-electron chi connectivity index (χ3n) is 6.01. The zero-order chi connectivity index (χ0) is 21.0. The molecule has 1 fully saturated rings. The second-order valence-corrected chi connectivity index (χ2v) is 8.38. The molecule has 1 saturated carbocycles. The molecular weight excluding hydrogens is 390 g/mol. The SMILES string of the molecule is COCCN(C(=O)CCC1CCCC1)C(C)c1nc2ccc(Cl)cc2c(=O)n1C. The molecule has 1 atom stereocenters. The summed E-state index contributed by atoms with van der Waals surface area (Å²) in [5.41, 5.74) is 0.425. The fourth-order valence-corrected chi connectivity index (χ4v) is 4.44. The third-order valence-corrected chi connectivity index (χ3v) is 6.25. The van der Waals surface area contributed by atoms with Crippen LogP contribution in [0.3, 0.4) is 0 Å². The van der Waals surface area contributed by atoms with Crippen LogP contribution < -0.4 is 5.56 Å². The van der Waals surface area contributed by atoms with Gasteiger partial charge < -0.3 is 9.64 Å². The number of methoxy groups -OCH3 is 1. The van der Waals surface area contributed by atoms with Crippen LogP contribution in [0.2, 0.25) is 5.02 Å². The largest absolute Gasteiger partial charge is 0.383 e. The van der Waals surface area contributed by atoms with Gasteiger partial charge in [-0.15, -0.1) is 0 Å². The van der Waals surface area contributed by atoms with Gasteiger partial charge in [0.15, 0.2) is 0 Å². The number of benzene rings is 1. The van der Waals surface area contributed by atoms with Gasteiger partial charge in [0.1, 0.15) is 5.82 Å². The minimum absolute atomic E-state index is 0.0897. The standard InChI is InChI=1S/C22H30ClN3O3/c1-15(21-24-19-10-9-17(23)14-18(19)22(28)25(21)2)26(12-13-29-3)20(27)11-8-16-6-4-5-7-16/h9-10,14-16H,4-8,11-13H2,1-3H3. The minimum atomic E-state index is -0.334. The number of amides is 1. The fraction of sp³-hybridized carbons (Fsp3) is 0.591. The highest BCUT2D eigenvalue weighted by atomic mass is 35.5. The first kappa shape index (κ1) is 21.8. The lowest BCUT2D eigenvalue weighted by atomic mass is 10.0. The van der Waals surface area contributed by atoms with Gasteiger partial charge in [-0.2, -0.15) is 0 Å². The number of hydrogen-bond acceptors (Lipinski definition) is 4. The fourth-order valence-electron chi connectivity index (χ4n) is 4.27. The van der Waals surface area contributed by atoms with Crippen molar-refractivity contribution in [2.75, 3.05) is 20.3 Å². The molecule has 1 aromatic heterocycles. The summed E-state index contributed by atoms with van der Waals surface area (Å²) in [6.45, 7) is 2.83. The van der Waals surface area contributed by atoms with Gasteiger partial charge in [0.25, 0.3) is 5.56 Å². The van der Waals surface area contributed by atoms with Crippen LogP contribution in [0.5, 0.6) is 0 Å². The van der Waals surface area contributed by atoms with Gasteiger partial charge in [-0.3, -0.25) is 14.2 Å². The van der Waals surface area contributed by atoms with E-state index in [2.05, 4.69) is 0 Å². The Morgan fingerprint density at radius 3 is 2.79 bits per heavy atom. The molecule has 1 aliphatic carbocycles. The van der Waals surface area contributed by atoms with Gasteiger partial charge in [0, 0.05) is 32.1 Å². The first-order valence-electron chi connectivity index (χ1n) is 10.4. The van der Waals surface area contributed by atoms with Crippen molar-refractivity contribution in [2.24, 2.45) is 13.0 Å².